The number of piperidine rings is 1. The number of H-pyrrole nitrogens is 1. The molecular weight excluding hydrogens is 290 g/mol. The Morgan fingerprint density at radius 2 is 1.81 bits per heavy atom. The molecule has 112 valence electrons. The van der Waals surface area contributed by atoms with Crippen molar-refractivity contribution in [2.75, 3.05) is 13.1 Å². The van der Waals surface area contributed by atoms with Gasteiger partial charge in [-0.05, 0) is 42.5 Å². The molecule has 1 aromatic carbocycles. The number of hydrogen-bond acceptors (Lipinski definition) is 4. The fourth-order valence-electron chi connectivity index (χ4n) is 2.70. The molecule has 2 N–H and O–H groups in total. The maximum absolute atomic E-state index is 12.4. The molecule has 0 bridgehead atoms. The van der Waals surface area contributed by atoms with E-state index in [-0.39, 0.29) is 10.8 Å². The molecule has 2 heterocycles. The molecule has 0 saturated carbocycles. The zero-order valence-corrected chi connectivity index (χ0v) is 12.3. The molecule has 0 amide bonds. The monoisotopic (exact) mass is 307 g/mol. The van der Waals surface area contributed by atoms with Crippen LogP contribution in [0.1, 0.15) is 24.3 Å². The second-order valence-electron chi connectivity index (χ2n) is 5.19. The predicted octanol–water partition coefficient (Wildman–Crippen LogP) is 1.68. The average Bonchev–Trinajstić information content (AvgIpc) is 3.03. The minimum atomic E-state index is -3.46. The second-order valence-corrected chi connectivity index (χ2v) is 7.10. The van der Waals surface area contributed by atoms with Crippen LogP contribution in [0.3, 0.4) is 0 Å². The molecule has 7 heteroatoms. The van der Waals surface area contributed by atoms with E-state index in [1.807, 2.05) is 12.1 Å². The summed E-state index contributed by atoms with van der Waals surface area (Å²) >= 11 is 0. The van der Waals surface area contributed by atoms with Crippen molar-refractivity contribution < 1.29 is 13.5 Å². The van der Waals surface area contributed by atoms with Gasteiger partial charge >= 0.3 is 0 Å². The number of nitrogens with zero attached hydrogens (tertiary/aromatic N) is 2. The number of sulfonamides is 1. The van der Waals surface area contributed by atoms with E-state index >= 15 is 0 Å². The van der Waals surface area contributed by atoms with Crippen LogP contribution < -0.4 is 0 Å². The van der Waals surface area contributed by atoms with E-state index < -0.39 is 10.0 Å². The Hall–Kier alpha value is -1.86. The molecule has 6 nitrogen and oxygen atoms in total. The fourth-order valence-corrected chi connectivity index (χ4v) is 4.07. The number of benzene rings is 1. The third-order valence-electron chi connectivity index (χ3n) is 3.91. The number of aromatic amines is 1. The number of aromatic hydroxyl groups is 1. The summed E-state index contributed by atoms with van der Waals surface area (Å²) in [6.07, 6.45) is 2.99. The van der Waals surface area contributed by atoms with E-state index in [1.165, 1.54) is 16.6 Å². The smallest absolute Gasteiger partial charge is 0.259 e. The minimum absolute atomic E-state index is 0.144. The molecule has 21 heavy (non-hydrogen) atoms. The zero-order chi connectivity index (χ0) is 14.9. The first-order valence-electron chi connectivity index (χ1n) is 6.86. The SMILES string of the molecule is O=S(=O)(c1ccn[nH]1)N1CCC(c2ccc(O)cc2)CC1. The summed E-state index contributed by atoms with van der Waals surface area (Å²) in [5.74, 6) is 0.580. The quantitative estimate of drug-likeness (QED) is 0.903. The number of aromatic nitrogens is 2. The van der Waals surface area contributed by atoms with Gasteiger partial charge in [0.2, 0.25) is 0 Å². The van der Waals surface area contributed by atoms with Crippen molar-refractivity contribution in [1.82, 2.24) is 14.5 Å². The highest BCUT2D eigenvalue weighted by molar-refractivity contribution is 7.89. The minimum Gasteiger partial charge on any atom is -0.508 e. The van der Waals surface area contributed by atoms with E-state index in [2.05, 4.69) is 10.2 Å². The van der Waals surface area contributed by atoms with Gasteiger partial charge in [-0.2, -0.15) is 9.40 Å². The summed E-state index contributed by atoms with van der Waals surface area (Å²) in [7, 11) is -3.46. The molecule has 2 aromatic rings. The Balaban J connectivity index is 1.69. The van der Waals surface area contributed by atoms with Crippen LogP contribution >= 0.6 is 0 Å². The highest BCUT2D eigenvalue weighted by Gasteiger charge is 2.30. The standard InChI is InChI=1S/C14H17N3O3S/c18-13-3-1-11(2-4-13)12-6-9-17(10-7-12)21(19,20)14-5-8-15-16-14/h1-5,8,12,18H,6-7,9-10H2,(H,15,16). The van der Waals surface area contributed by atoms with Gasteiger partial charge < -0.3 is 5.11 Å². The summed E-state index contributed by atoms with van der Waals surface area (Å²) in [6, 6.07) is 8.62. The number of phenols is 1. The third kappa shape index (κ3) is 2.79. The molecular formula is C14H17N3O3S. The maximum atomic E-state index is 12.4. The van der Waals surface area contributed by atoms with E-state index in [9.17, 15) is 13.5 Å². The highest BCUT2D eigenvalue weighted by Crippen LogP contribution is 2.31. The van der Waals surface area contributed by atoms with Crippen LogP contribution in [-0.4, -0.2) is 41.1 Å². The van der Waals surface area contributed by atoms with Crippen LogP contribution in [0.15, 0.2) is 41.6 Å². The van der Waals surface area contributed by atoms with Crippen molar-refractivity contribution in [3.8, 4) is 5.75 Å². The number of rotatable bonds is 3. The Bertz CT molecular complexity index is 688. The lowest BCUT2D eigenvalue weighted by molar-refractivity contribution is 0.318. The lowest BCUT2D eigenvalue weighted by Crippen LogP contribution is -2.38. The molecule has 1 saturated heterocycles. The lowest BCUT2D eigenvalue weighted by atomic mass is 9.90. The summed E-state index contributed by atoms with van der Waals surface area (Å²) in [6.45, 7) is 0.986. The third-order valence-corrected chi connectivity index (χ3v) is 5.74. The van der Waals surface area contributed by atoms with E-state index in [1.54, 1.807) is 12.1 Å². The van der Waals surface area contributed by atoms with Crippen molar-refractivity contribution >= 4 is 10.0 Å². The average molecular weight is 307 g/mol. The van der Waals surface area contributed by atoms with Gasteiger partial charge in [0.25, 0.3) is 10.0 Å². The van der Waals surface area contributed by atoms with E-state index in [0.29, 0.717) is 19.0 Å². The van der Waals surface area contributed by atoms with Crippen molar-refractivity contribution in [3.05, 3.63) is 42.1 Å². The van der Waals surface area contributed by atoms with Crippen LogP contribution in [0.2, 0.25) is 0 Å². The topological polar surface area (TPSA) is 86.3 Å². The molecule has 1 aliphatic rings. The van der Waals surface area contributed by atoms with Gasteiger partial charge in [0.15, 0.2) is 5.03 Å². The van der Waals surface area contributed by atoms with Crippen LogP contribution in [0, 0.1) is 0 Å². The van der Waals surface area contributed by atoms with Gasteiger partial charge in [-0.1, -0.05) is 12.1 Å². The molecule has 1 aromatic heterocycles. The van der Waals surface area contributed by atoms with Crippen LogP contribution in [0.25, 0.3) is 0 Å². The summed E-state index contributed by atoms with van der Waals surface area (Å²) in [4.78, 5) is 0. The highest BCUT2D eigenvalue weighted by atomic mass is 32.2. The van der Waals surface area contributed by atoms with Gasteiger partial charge in [0.05, 0.1) is 6.20 Å². The predicted molar refractivity (Wildman–Crippen MR) is 77.4 cm³/mol. The van der Waals surface area contributed by atoms with Crippen molar-refractivity contribution in [2.24, 2.45) is 0 Å². The van der Waals surface area contributed by atoms with E-state index in [0.717, 1.165) is 18.4 Å². The summed E-state index contributed by atoms with van der Waals surface area (Å²) in [5.41, 5.74) is 1.14. The Morgan fingerprint density at radius 1 is 1.14 bits per heavy atom. The van der Waals surface area contributed by atoms with Crippen LogP contribution in [0.4, 0.5) is 0 Å². The number of phenolic OH excluding ortho intramolecular Hbond substituents is 1. The van der Waals surface area contributed by atoms with Gasteiger partial charge in [-0.15, -0.1) is 0 Å². The molecule has 0 aliphatic carbocycles. The van der Waals surface area contributed by atoms with Crippen LogP contribution in [-0.2, 0) is 10.0 Å². The Labute approximate surface area is 123 Å². The molecule has 0 spiro atoms. The maximum Gasteiger partial charge on any atom is 0.259 e. The zero-order valence-electron chi connectivity index (χ0n) is 11.4. The fraction of sp³-hybridized carbons (Fsp3) is 0.357. The van der Waals surface area contributed by atoms with Crippen LogP contribution in [0.5, 0.6) is 5.75 Å². The van der Waals surface area contributed by atoms with Crippen molar-refractivity contribution in [2.45, 2.75) is 23.8 Å². The first-order chi connectivity index (χ1) is 10.1. The molecule has 1 aliphatic heterocycles. The largest absolute Gasteiger partial charge is 0.508 e. The van der Waals surface area contributed by atoms with Crippen molar-refractivity contribution in [1.29, 1.82) is 0 Å². The van der Waals surface area contributed by atoms with Gasteiger partial charge in [-0.25, -0.2) is 8.42 Å². The molecule has 3 rings (SSSR count). The first-order valence-corrected chi connectivity index (χ1v) is 8.30. The molecule has 0 radical (unpaired) electrons. The van der Waals surface area contributed by atoms with Crippen molar-refractivity contribution in [3.63, 3.8) is 0 Å². The lowest BCUT2D eigenvalue weighted by Gasteiger charge is -2.31. The molecule has 0 unspecified atom stereocenters. The number of nitrogens with one attached hydrogen (secondary N) is 1. The van der Waals surface area contributed by atoms with Gasteiger partial charge in [-0.3, -0.25) is 5.10 Å². The molecule has 0 atom stereocenters. The normalized spacial score (nSPS) is 17.9. The second kappa shape index (κ2) is 5.50. The number of hydrogen-bond donors (Lipinski definition) is 2. The Morgan fingerprint density at radius 3 is 2.38 bits per heavy atom. The summed E-state index contributed by atoms with van der Waals surface area (Å²) in [5, 5.41) is 15.7. The first kappa shape index (κ1) is 14.1. The summed E-state index contributed by atoms with van der Waals surface area (Å²) < 4.78 is 26.2. The van der Waals surface area contributed by atoms with Gasteiger partial charge in [0, 0.05) is 13.1 Å². The van der Waals surface area contributed by atoms with Gasteiger partial charge in [0.1, 0.15) is 5.75 Å². The van der Waals surface area contributed by atoms with E-state index in [4.69, 9.17) is 0 Å². The Kier molecular flexibility index (Phi) is 3.69. The molecule has 1 fully saturated rings.